The smallest absolute Gasteiger partial charge is 0.111 e. The fourth-order valence-electron chi connectivity index (χ4n) is 3.35. The molecular weight excluding hydrogens is 343 g/mol. The second kappa shape index (κ2) is 5.69. The predicted molar refractivity (Wildman–Crippen MR) is 99.1 cm³/mol. The van der Waals surface area contributed by atoms with Gasteiger partial charge in [-0.15, -0.1) is 0 Å². The molecule has 0 atom stereocenters. The SMILES string of the molecule is Cc1[c]cccc1C1(Nc2cc3c(Cl)c(Cl)ccc3n2C)COC1. The van der Waals surface area contributed by atoms with Gasteiger partial charge in [-0.25, -0.2) is 0 Å². The van der Waals surface area contributed by atoms with Crippen molar-refractivity contribution in [3.63, 3.8) is 0 Å². The van der Waals surface area contributed by atoms with Crippen molar-refractivity contribution in [3.8, 4) is 0 Å². The van der Waals surface area contributed by atoms with Crippen LogP contribution in [0.2, 0.25) is 10.0 Å². The van der Waals surface area contributed by atoms with Gasteiger partial charge in [0.15, 0.2) is 0 Å². The lowest BCUT2D eigenvalue weighted by molar-refractivity contribution is -0.0452. The third-order valence-corrected chi connectivity index (χ3v) is 5.58. The molecule has 1 N–H and O–H groups in total. The molecule has 2 heterocycles. The van der Waals surface area contributed by atoms with E-state index in [1.807, 2.05) is 37.4 Å². The Morgan fingerprint density at radius 3 is 2.71 bits per heavy atom. The highest BCUT2D eigenvalue weighted by molar-refractivity contribution is 6.45. The number of nitrogens with one attached hydrogen (secondary N) is 1. The molecule has 3 aromatic rings. The minimum atomic E-state index is -0.236. The molecule has 3 nitrogen and oxygen atoms in total. The van der Waals surface area contributed by atoms with E-state index in [1.54, 1.807) is 0 Å². The van der Waals surface area contributed by atoms with Crippen molar-refractivity contribution in [3.05, 3.63) is 63.6 Å². The molecule has 5 heteroatoms. The van der Waals surface area contributed by atoms with E-state index in [4.69, 9.17) is 27.9 Å². The number of benzene rings is 2. The van der Waals surface area contributed by atoms with Gasteiger partial charge >= 0.3 is 0 Å². The Bertz CT molecular complexity index is 929. The summed E-state index contributed by atoms with van der Waals surface area (Å²) in [6.45, 7) is 3.33. The van der Waals surface area contributed by atoms with Gasteiger partial charge in [0.1, 0.15) is 11.4 Å². The van der Waals surface area contributed by atoms with E-state index in [0.29, 0.717) is 23.3 Å². The zero-order chi connectivity index (χ0) is 16.9. The summed E-state index contributed by atoms with van der Waals surface area (Å²) >= 11 is 12.5. The van der Waals surface area contributed by atoms with Crippen molar-refractivity contribution >= 4 is 39.9 Å². The van der Waals surface area contributed by atoms with Crippen molar-refractivity contribution in [2.24, 2.45) is 7.05 Å². The summed E-state index contributed by atoms with van der Waals surface area (Å²) in [6.07, 6.45) is 0. The molecule has 1 aromatic heterocycles. The van der Waals surface area contributed by atoms with E-state index in [0.717, 1.165) is 22.3 Å². The molecule has 2 aromatic carbocycles. The molecule has 1 fully saturated rings. The van der Waals surface area contributed by atoms with E-state index in [9.17, 15) is 0 Å². The summed E-state index contributed by atoms with van der Waals surface area (Å²) < 4.78 is 7.64. The third-order valence-electron chi connectivity index (χ3n) is 4.76. The largest absolute Gasteiger partial charge is 0.376 e. The van der Waals surface area contributed by atoms with Crippen molar-refractivity contribution < 1.29 is 4.74 Å². The molecule has 24 heavy (non-hydrogen) atoms. The fraction of sp³-hybridized carbons (Fsp3) is 0.263. The number of aryl methyl sites for hydroxylation is 2. The number of anilines is 1. The molecule has 0 bridgehead atoms. The first-order chi connectivity index (χ1) is 11.5. The Kier molecular flexibility index (Phi) is 3.75. The predicted octanol–water partition coefficient (Wildman–Crippen LogP) is 4.93. The molecular formula is C19H17Cl2N2O. The summed E-state index contributed by atoms with van der Waals surface area (Å²) in [6, 6.07) is 15.2. The Labute approximate surface area is 151 Å². The van der Waals surface area contributed by atoms with Crippen molar-refractivity contribution in [2.75, 3.05) is 18.5 Å². The van der Waals surface area contributed by atoms with Gasteiger partial charge < -0.3 is 14.6 Å². The molecule has 0 amide bonds. The first-order valence-corrected chi connectivity index (χ1v) is 8.54. The number of ether oxygens (including phenoxy) is 1. The number of hydrogen-bond donors (Lipinski definition) is 1. The number of rotatable bonds is 3. The van der Waals surface area contributed by atoms with E-state index >= 15 is 0 Å². The first-order valence-electron chi connectivity index (χ1n) is 7.79. The summed E-state index contributed by atoms with van der Waals surface area (Å²) in [7, 11) is 2.02. The van der Waals surface area contributed by atoms with Crippen LogP contribution in [-0.4, -0.2) is 17.8 Å². The summed E-state index contributed by atoms with van der Waals surface area (Å²) in [5, 5.41) is 5.77. The lowest BCUT2D eigenvalue weighted by Crippen LogP contribution is -2.53. The first kappa shape index (κ1) is 15.8. The Morgan fingerprint density at radius 1 is 1.25 bits per heavy atom. The number of nitrogens with zero attached hydrogens (tertiary/aromatic N) is 1. The van der Waals surface area contributed by atoms with Crippen LogP contribution in [0.5, 0.6) is 0 Å². The number of hydrogen-bond acceptors (Lipinski definition) is 2. The van der Waals surface area contributed by atoms with Crippen molar-refractivity contribution in [1.82, 2.24) is 4.57 Å². The maximum atomic E-state index is 6.37. The molecule has 1 aliphatic heterocycles. The second-order valence-corrected chi connectivity index (χ2v) is 7.08. The van der Waals surface area contributed by atoms with Crippen LogP contribution in [0.1, 0.15) is 11.1 Å². The number of aromatic nitrogens is 1. The Balaban J connectivity index is 1.80. The topological polar surface area (TPSA) is 26.2 Å². The van der Waals surface area contributed by atoms with Gasteiger partial charge in [0.05, 0.1) is 28.8 Å². The van der Waals surface area contributed by atoms with Crippen LogP contribution in [0, 0.1) is 13.0 Å². The maximum absolute atomic E-state index is 6.37. The molecule has 4 rings (SSSR count). The summed E-state index contributed by atoms with van der Waals surface area (Å²) in [5.74, 6) is 0.987. The molecule has 123 valence electrons. The van der Waals surface area contributed by atoms with Crippen molar-refractivity contribution in [1.29, 1.82) is 0 Å². The quantitative estimate of drug-likeness (QED) is 0.717. The van der Waals surface area contributed by atoms with Crippen LogP contribution in [0.3, 0.4) is 0 Å². The minimum absolute atomic E-state index is 0.236. The molecule has 1 radical (unpaired) electrons. The second-order valence-electron chi connectivity index (χ2n) is 6.29. The summed E-state index contributed by atoms with van der Waals surface area (Å²) in [5.41, 5.74) is 3.15. The minimum Gasteiger partial charge on any atom is -0.376 e. The molecule has 1 saturated heterocycles. The molecule has 0 unspecified atom stereocenters. The zero-order valence-corrected chi connectivity index (χ0v) is 15.0. The van der Waals surface area contributed by atoms with Gasteiger partial charge in [-0.3, -0.25) is 0 Å². The number of halogens is 2. The lowest BCUT2D eigenvalue weighted by Gasteiger charge is -2.44. The van der Waals surface area contributed by atoms with Gasteiger partial charge in [0.2, 0.25) is 0 Å². The standard InChI is InChI=1S/C19H17Cl2N2O/c1-12-5-3-4-6-14(12)19(10-24-11-19)22-17-9-13-16(23(17)2)8-7-15(20)18(13)21/h3-4,6-9,22H,10-11H2,1-2H3. The third kappa shape index (κ3) is 2.31. The van der Waals surface area contributed by atoms with Gasteiger partial charge in [-0.05, 0) is 42.3 Å². The van der Waals surface area contributed by atoms with E-state index in [1.165, 1.54) is 5.56 Å². The van der Waals surface area contributed by atoms with E-state index in [-0.39, 0.29) is 5.54 Å². The average Bonchev–Trinajstić information content (AvgIpc) is 2.85. The van der Waals surface area contributed by atoms with Crippen LogP contribution >= 0.6 is 23.2 Å². The molecule has 0 aliphatic carbocycles. The Hall–Kier alpha value is -1.68. The molecule has 0 spiro atoms. The van der Waals surface area contributed by atoms with Gasteiger partial charge in [-0.1, -0.05) is 41.4 Å². The zero-order valence-electron chi connectivity index (χ0n) is 13.5. The van der Waals surface area contributed by atoms with Crippen LogP contribution in [0.25, 0.3) is 10.9 Å². The van der Waals surface area contributed by atoms with Gasteiger partial charge in [-0.2, -0.15) is 0 Å². The monoisotopic (exact) mass is 359 g/mol. The van der Waals surface area contributed by atoms with Crippen molar-refractivity contribution in [2.45, 2.75) is 12.5 Å². The van der Waals surface area contributed by atoms with Gasteiger partial charge in [0.25, 0.3) is 0 Å². The van der Waals surface area contributed by atoms with E-state index < -0.39 is 0 Å². The highest BCUT2D eigenvalue weighted by atomic mass is 35.5. The molecule has 0 saturated carbocycles. The highest BCUT2D eigenvalue weighted by Crippen LogP contribution is 2.39. The van der Waals surface area contributed by atoms with Crippen LogP contribution < -0.4 is 5.32 Å². The normalized spacial score (nSPS) is 16.2. The fourth-order valence-corrected chi connectivity index (χ4v) is 3.73. The maximum Gasteiger partial charge on any atom is 0.111 e. The lowest BCUT2D eigenvalue weighted by atomic mass is 9.85. The van der Waals surface area contributed by atoms with Crippen LogP contribution in [0.15, 0.2) is 36.4 Å². The van der Waals surface area contributed by atoms with Gasteiger partial charge in [0, 0.05) is 12.4 Å². The van der Waals surface area contributed by atoms with E-state index in [2.05, 4.69) is 28.9 Å². The highest BCUT2D eigenvalue weighted by Gasteiger charge is 2.42. The molecule has 1 aliphatic rings. The van der Waals surface area contributed by atoms with Crippen LogP contribution in [-0.2, 0) is 17.3 Å². The number of fused-ring (bicyclic) bond motifs is 1. The van der Waals surface area contributed by atoms with Crippen LogP contribution in [0.4, 0.5) is 5.82 Å². The average molecular weight is 360 g/mol. The Morgan fingerprint density at radius 2 is 2.04 bits per heavy atom. The summed E-state index contributed by atoms with van der Waals surface area (Å²) in [4.78, 5) is 0.